The van der Waals surface area contributed by atoms with Crippen LogP contribution in [0, 0.1) is 5.41 Å². The molecule has 104 valence electrons. The fourth-order valence-corrected chi connectivity index (χ4v) is 2.76. The number of rotatable bonds is 6. The Bertz CT molecular complexity index is 394. The summed E-state index contributed by atoms with van der Waals surface area (Å²) in [6.07, 6.45) is 2.00. The average Bonchev–Trinajstić information content (AvgIpc) is 2.54. The van der Waals surface area contributed by atoms with Gasteiger partial charge in [0.25, 0.3) is 0 Å². The van der Waals surface area contributed by atoms with Crippen molar-refractivity contribution in [2.75, 3.05) is 6.54 Å². The summed E-state index contributed by atoms with van der Waals surface area (Å²) in [4.78, 5) is 0. The molecule has 0 saturated heterocycles. The monoisotopic (exact) mass is 315 g/mol. The van der Waals surface area contributed by atoms with E-state index in [1.807, 2.05) is 11.7 Å². The van der Waals surface area contributed by atoms with Gasteiger partial charge in [-0.1, -0.05) is 34.6 Å². The van der Waals surface area contributed by atoms with Gasteiger partial charge in [0, 0.05) is 19.6 Å². The van der Waals surface area contributed by atoms with Gasteiger partial charge in [-0.25, -0.2) is 0 Å². The summed E-state index contributed by atoms with van der Waals surface area (Å²) < 4.78 is 3.20. The van der Waals surface area contributed by atoms with Crippen LogP contribution < -0.4 is 5.32 Å². The molecule has 0 saturated carbocycles. The molecule has 0 aliphatic carbocycles. The first-order chi connectivity index (χ1) is 8.26. The number of aromatic nitrogens is 2. The predicted molar refractivity (Wildman–Crippen MR) is 80.9 cm³/mol. The number of halogens is 1. The fraction of sp³-hybridized carbons (Fsp3) is 0.786. The molecule has 1 heterocycles. The second-order valence-electron chi connectivity index (χ2n) is 6.06. The first-order valence-corrected chi connectivity index (χ1v) is 7.49. The topological polar surface area (TPSA) is 29.9 Å². The van der Waals surface area contributed by atoms with Gasteiger partial charge in [0.1, 0.15) is 0 Å². The summed E-state index contributed by atoms with van der Waals surface area (Å²) in [5.74, 6) is 0. The zero-order valence-corrected chi connectivity index (χ0v) is 14.1. The number of nitrogens with zero attached hydrogens (tertiary/aromatic N) is 2. The smallest absolute Gasteiger partial charge is 0.0766 e. The van der Waals surface area contributed by atoms with E-state index in [2.05, 4.69) is 61.0 Å². The number of aryl methyl sites for hydroxylation is 2. The highest BCUT2D eigenvalue weighted by Gasteiger charge is 2.23. The van der Waals surface area contributed by atoms with E-state index in [9.17, 15) is 0 Å². The molecule has 0 fully saturated rings. The van der Waals surface area contributed by atoms with Gasteiger partial charge in [0.2, 0.25) is 0 Å². The molecule has 0 bridgehead atoms. The van der Waals surface area contributed by atoms with Gasteiger partial charge in [-0.05, 0) is 34.2 Å². The summed E-state index contributed by atoms with van der Waals surface area (Å²) in [6, 6.07) is 0.533. The molecule has 0 aliphatic heterocycles. The summed E-state index contributed by atoms with van der Waals surface area (Å²) in [7, 11) is 2.03. The highest BCUT2D eigenvalue weighted by Crippen LogP contribution is 2.28. The third-order valence-corrected chi connectivity index (χ3v) is 4.05. The Kier molecular flexibility index (Phi) is 5.41. The van der Waals surface area contributed by atoms with E-state index in [1.54, 1.807) is 0 Å². The second-order valence-corrected chi connectivity index (χ2v) is 6.85. The molecule has 1 aromatic rings. The van der Waals surface area contributed by atoms with E-state index in [1.165, 1.54) is 10.2 Å². The van der Waals surface area contributed by atoms with E-state index in [0.717, 1.165) is 25.1 Å². The molecular weight excluding hydrogens is 290 g/mol. The molecule has 0 unspecified atom stereocenters. The van der Waals surface area contributed by atoms with Gasteiger partial charge in [0.05, 0.1) is 15.9 Å². The molecule has 0 aliphatic rings. The zero-order valence-electron chi connectivity index (χ0n) is 12.5. The van der Waals surface area contributed by atoms with Gasteiger partial charge < -0.3 is 5.32 Å². The van der Waals surface area contributed by atoms with Crippen LogP contribution in [-0.2, 0) is 19.9 Å². The lowest BCUT2D eigenvalue weighted by atomic mass is 9.87. The first-order valence-electron chi connectivity index (χ1n) is 6.70. The third kappa shape index (κ3) is 4.09. The maximum atomic E-state index is 4.56. The van der Waals surface area contributed by atoms with Crippen molar-refractivity contribution in [3.8, 4) is 0 Å². The predicted octanol–water partition coefficient (Wildman–Crippen LogP) is 3.31. The second kappa shape index (κ2) is 6.20. The first kappa shape index (κ1) is 15.7. The minimum atomic E-state index is 0.228. The minimum Gasteiger partial charge on any atom is -0.314 e. The van der Waals surface area contributed by atoms with E-state index in [0.29, 0.717) is 6.04 Å². The lowest BCUT2D eigenvalue weighted by Gasteiger charge is -2.26. The van der Waals surface area contributed by atoms with Gasteiger partial charge in [-0.15, -0.1) is 0 Å². The van der Waals surface area contributed by atoms with Crippen LogP contribution in [0.15, 0.2) is 4.47 Å². The van der Waals surface area contributed by atoms with Gasteiger partial charge >= 0.3 is 0 Å². The van der Waals surface area contributed by atoms with Crippen molar-refractivity contribution in [2.24, 2.45) is 12.5 Å². The van der Waals surface area contributed by atoms with Crippen molar-refractivity contribution >= 4 is 15.9 Å². The Morgan fingerprint density at radius 1 is 1.39 bits per heavy atom. The van der Waals surface area contributed by atoms with Crippen molar-refractivity contribution in [3.05, 3.63) is 15.9 Å². The Morgan fingerprint density at radius 3 is 2.44 bits per heavy atom. The molecule has 0 atom stereocenters. The van der Waals surface area contributed by atoms with Gasteiger partial charge in [-0.2, -0.15) is 5.10 Å². The van der Waals surface area contributed by atoms with Crippen LogP contribution in [0.1, 0.15) is 46.0 Å². The SMILES string of the molecule is CCc1nn(C)c(CC(C)(C)CNC(C)C)c1Br. The minimum absolute atomic E-state index is 0.228. The Morgan fingerprint density at radius 2 is 2.00 bits per heavy atom. The standard InChI is InChI=1S/C14H26BrN3/c1-7-11-13(15)12(18(6)17-11)8-14(4,5)9-16-10(2)3/h10,16H,7-9H2,1-6H3. The van der Waals surface area contributed by atoms with Crippen LogP contribution in [0.25, 0.3) is 0 Å². The molecule has 1 N–H and O–H groups in total. The maximum Gasteiger partial charge on any atom is 0.0766 e. The van der Waals surface area contributed by atoms with Gasteiger partial charge in [0.15, 0.2) is 0 Å². The maximum absolute atomic E-state index is 4.56. The van der Waals surface area contributed by atoms with E-state index in [-0.39, 0.29) is 5.41 Å². The van der Waals surface area contributed by atoms with Crippen molar-refractivity contribution in [3.63, 3.8) is 0 Å². The Hall–Kier alpha value is -0.350. The van der Waals surface area contributed by atoms with E-state index < -0.39 is 0 Å². The summed E-state index contributed by atoms with van der Waals surface area (Å²) in [5.41, 5.74) is 2.67. The Balaban J connectivity index is 2.80. The fourth-order valence-electron chi connectivity index (χ4n) is 2.01. The van der Waals surface area contributed by atoms with Crippen LogP contribution >= 0.6 is 15.9 Å². The molecule has 4 heteroatoms. The van der Waals surface area contributed by atoms with Crippen molar-refractivity contribution in [2.45, 2.75) is 53.5 Å². The molecule has 18 heavy (non-hydrogen) atoms. The molecule has 0 radical (unpaired) electrons. The summed E-state index contributed by atoms with van der Waals surface area (Å²) in [6.45, 7) is 12.1. The number of nitrogens with one attached hydrogen (secondary N) is 1. The molecule has 0 amide bonds. The van der Waals surface area contributed by atoms with Crippen molar-refractivity contribution in [1.82, 2.24) is 15.1 Å². The average molecular weight is 316 g/mol. The number of hydrogen-bond donors (Lipinski definition) is 1. The highest BCUT2D eigenvalue weighted by atomic mass is 79.9. The number of hydrogen-bond acceptors (Lipinski definition) is 2. The lowest BCUT2D eigenvalue weighted by molar-refractivity contribution is 0.318. The highest BCUT2D eigenvalue weighted by molar-refractivity contribution is 9.10. The van der Waals surface area contributed by atoms with Crippen LogP contribution in [-0.4, -0.2) is 22.4 Å². The van der Waals surface area contributed by atoms with Crippen LogP contribution in [0.3, 0.4) is 0 Å². The molecular formula is C14H26BrN3. The molecule has 3 nitrogen and oxygen atoms in total. The summed E-state index contributed by atoms with van der Waals surface area (Å²) in [5, 5.41) is 8.08. The van der Waals surface area contributed by atoms with Crippen LogP contribution in [0.5, 0.6) is 0 Å². The van der Waals surface area contributed by atoms with E-state index >= 15 is 0 Å². The molecule has 1 aromatic heterocycles. The molecule has 0 spiro atoms. The zero-order chi connectivity index (χ0) is 13.9. The lowest BCUT2D eigenvalue weighted by Crippen LogP contribution is -2.35. The largest absolute Gasteiger partial charge is 0.314 e. The van der Waals surface area contributed by atoms with E-state index in [4.69, 9.17) is 0 Å². The molecule has 0 aromatic carbocycles. The molecule has 1 rings (SSSR count). The normalized spacial score (nSPS) is 12.4. The van der Waals surface area contributed by atoms with Gasteiger partial charge in [-0.3, -0.25) is 4.68 Å². The van der Waals surface area contributed by atoms with Crippen LogP contribution in [0.4, 0.5) is 0 Å². The van der Waals surface area contributed by atoms with Crippen molar-refractivity contribution < 1.29 is 0 Å². The summed E-state index contributed by atoms with van der Waals surface area (Å²) >= 11 is 3.69. The van der Waals surface area contributed by atoms with Crippen molar-refractivity contribution in [1.29, 1.82) is 0 Å². The third-order valence-electron chi connectivity index (χ3n) is 3.14. The quantitative estimate of drug-likeness (QED) is 0.872. The van der Waals surface area contributed by atoms with Crippen LogP contribution in [0.2, 0.25) is 0 Å². The Labute approximate surface area is 119 Å².